The number of rotatable bonds is 5. The lowest BCUT2D eigenvalue weighted by Crippen LogP contribution is -2.59. The molecule has 2 aliphatic carbocycles. The van der Waals surface area contributed by atoms with Crippen molar-refractivity contribution in [1.29, 1.82) is 0 Å². The molecule has 2 fully saturated rings. The highest BCUT2D eigenvalue weighted by Crippen LogP contribution is 2.56. The number of alkyl halides is 4. The van der Waals surface area contributed by atoms with E-state index >= 15 is 0 Å². The van der Waals surface area contributed by atoms with Crippen LogP contribution in [-0.4, -0.2) is 27.5 Å². The average molecular weight is 413 g/mol. The zero-order valence-corrected chi connectivity index (χ0v) is 15.7. The van der Waals surface area contributed by atoms with Gasteiger partial charge in [-0.05, 0) is 43.0 Å². The molecule has 29 heavy (non-hydrogen) atoms. The van der Waals surface area contributed by atoms with E-state index in [1.807, 2.05) is 0 Å². The molecule has 0 spiro atoms. The van der Waals surface area contributed by atoms with Crippen molar-refractivity contribution in [1.82, 2.24) is 9.78 Å². The van der Waals surface area contributed by atoms with Gasteiger partial charge in [0.25, 0.3) is 0 Å². The Morgan fingerprint density at radius 1 is 1.21 bits per heavy atom. The number of halogens is 5. The lowest BCUT2D eigenvalue weighted by Gasteiger charge is -2.43. The molecule has 0 saturated heterocycles. The van der Waals surface area contributed by atoms with E-state index in [4.69, 9.17) is 0 Å². The normalized spacial score (nSPS) is 22.6. The minimum atomic E-state index is -4.18. The highest BCUT2D eigenvalue weighted by molar-refractivity contribution is 5.92. The molecule has 0 bridgehead atoms. The molecule has 4 rings (SSSR count). The van der Waals surface area contributed by atoms with E-state index in [2.05, 4.69) is 10.4 Å². The Bertz CT molecular complexity index is 934. The summed E-state index contributed by atoms with van der Waals surface area (Å²) in [6.45, 7) is 0. The first kappa shape index (κ1) is 19.8. The molecule has 1 atom stereocenters. The third kappa shape index (κ3) is 3.30. The van der Waals surface area contributed by atoms with Crippen LogP contribution < -0.4 is 5.32 Å². The van der Waals surface area contributed by atoms with Crippen LogP contribution in [0.1, 0.15) is 43.6 Å². The smallest absolute Gasteiger partial charge is 0.309 e. The molecular weight excluding hydrogens is 393 g/mol. The summed E-state index contributed by atoms with van der Waals surface area (Å²) in [7, 11) is 1.68. The number of nitrogens with zero attached hydrogens (tertiary/aromatic N) is 2. The van der Waals surface area contributed by atoms with Gasteiger partial charge in [-0.1, -0.05) is 6.42 Å². The lowest BCUT2D eigenvalue weighted by atomic mass is 9.74. The van der Waals surface area contributed by atoms with Crippen LogP contribution in [0.25, 0.3) is 11.3 Å². The fourth-order valence-corrected chi connectivity index (χ4v) is 4.01. The first-order chi connectivity index (χ1) is 13.6. The van der Waals surface area contributed by atoms with Gasteiger partial charge in [-0.2, -0.15) is 22.7 Å². The zero-order valence-electron chi connectivity index (χ0n) is 15.7. The summed E-state index contributed by atoms with van der Waals surface area (Å²) in [5, 5.41) is 6.87. The van der Waals surface area contributed by atoms with Gasteiger partial charge in [0, 0.05) is 36.9 Å². The second-order valence-corrected chi connectivity index (χ2v) is 7.85. The highest BCUT2D eigenvalue weighted by atomic mass is 19.3. The summed E-state index contributed by atoms with van der Waals surface area (Å²) in [6, 6.07) is 5.86. The van der Waals surface area contributed by atoms with Gasteiger partial charge < -0.3 is 5.32 Å². The number of anilines is 1. The molecule has 0 unspecified atom stereocenters. The van der Waals surface area contributed by atoms with E-state index in [9.17, 15) is 26.7 Å². The summed E-state index contributed by atoms with van der Waals surface area (Å²) in [6.07, 6.45) is 1.08. The predicted octanol–water partition coefficient (Wildman–Crippen LogP) is 5.11. The lowest BCUT2D eigenvalue weighted by molar-refractivity contribution is -0.313. The summed E-state index contributed by atoms with van der Waals surface area (Å²) >= 11 is 0. The molecule has 1 heterocycles. The molecule has 1 amide bonds. The van der Waals surface area contributed by atoms with Crippen molar-refractivity contribution < 1.29 is 26.7 Å². The van der Waals surface area contributed by atoms with Crippen LogP contribution in [-0.2, 0) is 11.8 Å². The number of carbonyl (C=O) groups is 1. The van der Waals surface area contributed by atoms with Crippen molar-refractivity contribution >= 4 is 11.7 Å². The Hall–Kier alpha value is -2.45. The summed E-state index contributed by atoms with van der Waals surface area (Å²) < 4.78 is 67.9. The third-order valence-corrected chi connectivity index (χ3v) is 5.91. The standard InChI is InChI=1S/C20H20F5N3O/c1-28-17(12-5-7-14(21)8-6-12)16(11-3-2-4-11)18(27-28)26-15(29)9-13-10-19(22,23)20(13,24)25/h5-8,11,13H,2-4,9-10H2,1H3,(H,26,27,29)/t13-/m1/s1. The van der Waals surface area contributed by atoms with Crippen LogP contribution in [0.15, 0.2) is 24.3 Å². The van der Waals surface area contributed by atoms with Crippen LogP contribution in [0.4, 0.5) is 27.8 Å². The van der Waals surface area contributed by atoms with Gasteiger partial charge in [0.1, 0.15) is 5.82 Å². The molecule has 0 aliphatic heterocycles. The van der Waals surface area contributed by atoms with Crippen LogP contribution in [0.5, 0.6) is 0 Å². The Morgan fingerprint density at radius 3 is 2.38 bits per heavy atom. The Morgan fingerprint density at radius 2 is 1.86 bits per heavy atom. The second kappa shape index (κ2) is 6.81. The van der Waals surface area contributed by atoms with E-state index in [-0.39, 0.29) is 17.6 Å². The summed E-state index contributed by atoms with van der Waals surface area (Å²) in [5.74, 6) is -10.7. The average Bonchev–Trinajstić information content (AvgIpc) is 2.89. The van der Waals surface area contributed by atoms with Gasteiger partial charge >= 0.3 is 11.8 Å². The fraction of sp³-hybridized carbons (Fsp3) is 0.500. The van der Waals surface area contributed by atoms with Gasteiger partial charge in [0.15, 0.2) is 5.82 Å². The van der Waals surface area contributed by atoms with Gasteiger partial charge in [0.2, 0.25) is 5.91 Å². The molecule has 0 radical (unpaired) electrons. The topological polar surface area (TPSA) is 46.9 Å². The maximum atomic E-state index is 13.5. The molecular formula is C20H20F5N3O. The van der Waals surface area contributed by atoms with Crippen molar-refractivity contribution in [3.63, 3.8) is 0 Å². The summed E-state index contributed by atoms with van der Waals surface area (Å²) in [4.78, 5) is 12.3. The fourth-order valence-electron chi connectivity index (χ4n) is 4.01. The van der Waals surface area contributed by atoms with Gasteiger partial charge in [0.05, 0.1) is 5.69 Å². The van der Waals surface area contributed by atoms with Gasteiger partial charge in [-0.3, -0.25) is 9.48 Å². The molecule has 1 aromatic carbocycles. The van der Waals surface area contributed by atoms with Gasteiger partial charge in [-0.25, -0.2) is 4.39 Å². The molecule has 2 saturated carbocycles. The van der Waals surface area contributed by atoms with Crippen LogP contribution >= 0.6 is 0 Å². The number of hydrogen-bond acceptors (Lipinski definition) is 2. The van der Waals surface area contributed by atoms with E-state index in [1.54, 1.807) is 23.9 Å². The molecule has 1 N–H and O–H groups in total. The number of aromatic nitrogens is 2. The quantitative estimate of drug-likeness (QED) is 0.693. The molecule has 156 valence electrons. The van der Waals surface area contributed by atoms with E-state index in [1.165, 1.54) is 12.1 Å². The van der Waals surface area contributed by atoms with Crippen molar-refractivity contribution in [2.45, 2.75) is 49.9 Å². The Kier molecular flexibility index (Phi) is 4.66. The van der Waals surface area contributed by atoms with E-state index < -0.39 is 36.5 Å². The minimum Gasteiger partial charge on any atom is -0.309 e. The van der Waals surface area contributed by atoms with E-state index in [0.29, 0.717) is 11.3 Å². The first-order valence-electron chi connectivity index (χ1n) is 9.48. The minimum absolute atomic E-state index is 0.133. The molecule has 2 aromatic rings. The first-order valence-corrected chi connectivity index (χ1v) is 9.48. The van der Waals surface area contributed by atoms with Crippen molar-refractivity contribution in [3.8, 4) is 11.3 Å². The predicted molar refractivity (Wildman–Crippen MR) is 96.4 cm³/mol. The molecule has 9 heteroatoms. The Labute approximate surface area is 164 Å². The third-order valence-electron chi connectivity index (χ3n) is 5.91. The number of hydrogen-bond donors (Lipinski definition) is 1. The monoisotopic (exact) mass is 413 g/mol. The van der Waals surface area contributed by atoms with Crippen molar-refractivity contribution in [3.05, 3.63) is 35.6 Å². The second-order valence-electron chi connectivity index (χ2n) is 7.85. The molecule has 4 nitrogen and oxygen atoms in total. The number of nitrogens with one attached hydrogen (secondary N) is 1. The number of aryl methyl sites for hydroxylation is 1. The van der Waals surface area contributed by atoms with E-state index in [0.717, 1.165) is 24.8 Å². The maximum absolute atomic E-state index is 13.5. The van der Waals surface area contributed by atoms with Crippen molar-refractivity contribution in [2.75, 3.05) is 5.32 Å². The molecule has 1 aromatic heterocycles. The zero-order chi connectivity index (χ0) is 21.0. The number of carbonyl (C=O) groups excluding carboxylic acids is 1. The van der Waals surface area contributed by atoms with Crippen LogP contribution in [0.2, 0.25) is 0 Å². The maximum Gasteiger partial charge on any atom is 0.313 e. The van der Waals surface area contributed by atoms with Gasteiger partial charge in [-0.15, -0.1) is 0 Å². The van der Waals surface area contributed by atoms with Crippen LogP contribution in [0.3, 0.4) is 0 Å². The number of amides is 1. The molecule has 2 aliphatic rings. The largest absolute Gasteiger partial charge is 0.313 e. The SMILES string of the molecule is Cn1nc(NC(=O)C[C@@H]2CC(F)(F)C2(F)F)c(C2CCC2)c1-c1ccc(F)cc1. The van der Waals surface area contributed by atoms with Crippen LogP contribution in [0, 0.1) is 11.7 Å². The highest BCUT2D eigenvalue weighted by Gasteiger charge is 2.71. The summed E-state index contributed by atoms with van der Waals surface area (Å²) in [5.41, 5.74) is 2.20. The van der Waals surface area contributed by atoms with Crippen molar-refractivity contribution in [2.24, 2.45) is 13.0 Å². The number of benzene rings is 1. The Balaban J connectivity index is 1.58.